The molecule has 0 radical (unpaired) electrons. The van der Waals surface area contributed by atoms with E-state index in [-0.39, 0.29) is 24.9 Å². The number of hydrogen-bond acceptors (Lipinski definition) is 6. The molecule has 0 bridgehead atoms. The zero-order valence-electron chi connectivity index (χ0n) is 17.4. The Kier molecular flexibility index (Phi) is 7.12. The first-order valence-corrected chi connectivity index (χ1v) is 10.4. The van der Waals surface area contributed by atoms with Crippen LogP contribution in [0, 0.1) is 17.8 Å². The number of nitrogens with one attached hydrogen (secondary N) is 2. The molecule has 2 aliphatic rings. The number of nitrogens with zero attached hydrogens (tertiary/aromatic N) is 1. The largest absolute Gasteiger partial charge is 0.467 e. The van der Waals surface area contributed by atoms with Crippen molar-refractivity contribution >= 4 is 23.8 Å². The molecule has 1 aromatic rings. The first-order valence-electron chi connectivity index (χ1n) is 10.4. The summed E-state index contributed by atoms with van der Waals surface area (Å²) in [4.78, 5) is 50.2. The summed E-state index contributed by atoms with van der Waals surface area (Å²) in [5, 5.41) is 4.54. The van der Waals surface area contributed by atoms with E-state index in [1.165, 1.54) is 6.26 Å². The average Bonchev–Trinajstić information content (AvgIpc) is 3.36. The van der Waals surface area contributed by atoms with E-state index >= 15 is 0 Å². The van der Waals surface area contributed by atoms with Crippen molar-refractivity contribution < 1.29 is 28.3 Å². The number of carbonyl (C=O) groups excluding carboxylic acids is 4. The Morgan fingerprint density at radius 2 is 2.07 bits per heavy atom. The van der Waals surface area contributed by atoms with Crippen LogP contribution in [0.4, 0.5) is 4.79 Å². The van der Waals surface area contributed by atoms with Crippen molar-refractivity contribution in [3.8, 4) is 0 Å². The van der Waals surface area contributed by atoms with Gasteiger partial charge in [0.25, 0.3) is 5.91 Å². The van der Waals surface area contributed by atoms with E-state index in [9.17, 15) is 19.2 Å². The van der Waals surface area contributed by atoms with Crippen LogP contribution in [0.3, 0.4) is 0 Å². The van der Waals surface area contributed by atoms with Crippen molar-refractivity contribution in [1.29, 1.82) is 0 Å². The number of imide groups is 1. The van der Waals surface area contributed by atoms with Gasteiger partial charge in [0, 0.05) is 19.0 Å². The van der Waals surface area contributed by atoms with Gasteiger partial charge in [-0.15, -0.1) is 0 Å². The lowest BCUT2D eigenvalue weighted by molar-refractivity contribution is -0.152. The van der Waals surface area contributed by atoms with Crippen LogP contribution < -0.4 is 10.6 Å². The monoisotopic (exact) mass is 419 g/mol. The molecule has 1 aromatic heterocycles. The molecular formula is C21H29N3O6. The highest BCUT2D eigenvalue weighted by molar-refractivity contribution is 5.96. The smallest absolute Gasteiger partial charge is 0.321 e. The maximum Gasteiger partial charge on any atom is 0.321 e. The van der Waals surface area contributed by atoms with Gasteiger partial charge in [-0.1, -0.05) is 26.7 Å². The number of amides is 4. The molecule has 2 heterocycles. The number of esters is 1. The van der Waals surface area contributed by atoms with Crippen molar-refractivity contribution in [2.75, 3.05) is 13.2 Å². The molecule has 9 heteroatoms. The average molecular weight is 419 g/mol. The zero-order chi connectivity index (χ0) is 21.7. The zero-order valence-corrected chi connectivity index (χ0v) is 17.4. The Labute approximate surface area is 175 Å². The van der Waals surface area contributed by atoms with E-state index in [4.69, 9.17) is 9.15 Å². The number of likely N-dealkylation sites (tertiary alicyclic amines) is 1. The molecule has 1 aliphatic carbocycles. The first kappa shape index (κ1) is 21.9. The molecule has 9 nitrogen and oxygen atoms in total. The van der Waals surface area contributed by atoms with Crippen LogP contribution in [0.5, 0.6) is 0 Å². The van der Waals surface area contributed by atoms with E-state index in [2.05, 4.69) is 24.5 Å². The molecule has 0 spiro atoms. The van der Waals surface area contributed by atoms with Gasteiger partial charge in [0.15, 0.2) is 6.61 Å². The van der Waals surface area contributed by atoms with Crippen LogP contribution in [-0.4, -0.2) is 47.9 Å². The SMILES string of the molecule is C[C@H]1[C@H](N2C[C@H](C(=O)OCC(=O)NC(=O)NCc3ccco3)CC2=O)CCC[C@@H]1C. The van der Waals surface area contributed by atoms with Gasteiger partial charge >= 0.3 is 12.0 Å². The minimum absolute atomic E-state index is 0.0374. The molecule has 30 heavy (non-hydrogen) atoms. The summed E-state index contributed by atoms with van der Waals surface area (Å²) in [5.41, 5.74) is 0. The number of furan rings is 1. The fourth-order valence-corrected chi connectivity index (χ4v) is 4.25. The van der Waals surface area contributed by atoms with Gasteiger partial charge < -0.3 is 19.4 Å². The quantitative estimate of drug-likeness (QED) is 0.679. The second-order valence-electron chi connectivity index (χ2n) is 8.20. The van der Waals surface area contributed by atoms with Crippen LogP contribution in [0.1, 0.15) is 45.3 Å². The maximum absolute atomic E-state index is 12.5. The number of carbonyl (C=O) groups is 4. The molecule has 1 saturated heterocycles. The van der Waals surface area contributed by atoms with Gasteiger partial charge in [-0.3, -0.25) is 19.7 Å². The lowest BCUT2D eigenvalue weighted by Crippen LogP contribution is -2.45. The second kappa shape index (κ2) is 9.77. The van der Waals surface area contributed by atoms with Crippen LogP contribution >= 0.6 is 0 Å². The van der Waals surface area contributed by atoms with Gasteiger partial charge in [0.1, 0.15) is 5.76 Å². The van der Waals surface area contributed by atoms with E-state index in [0.717, 1.165) is 19.3 Å². The standard InChI is InChI=1S/C21H29N3O6/c1-13-5-3-7-17(14(13)2)24-11-15(9-19(24)26)20(27)30-12-18(25)23-21(28)22-10-16-6-4-8-29-16/h4,6,8,13-15,17H,3,5,7,9-12H2,1-2H3,(H2,22,23,25,28)/t13-,14+,15+,17+/m0/s1. The van der Waals surface area contributed by atoms with Gasteiger partial charge in [-0.25, -0.2) is 4.79 Å². The molecule has 0 aromatic carbocycles. The van der Waals surface area contributed by atoms with Gasteiger partial charge in [-0.05, 0) is 30.4 Å². The van der Waals surface area contributed by atoms with Gasteiger partial charge in [0.2, 0.25) is 5.91 Å². The minimum atomic E-state index is -0.740. The van der Waals surface area contributed by atoms with Gasteiger partial charge in [-0.2, -0.15) is 0 Å². The third-order valence-electron chi connectivity index (χ3n) is 6.16. The minimum Gasteiger partial charge on any atom is -0.467 e. The number of hydrogen-bond donors (Lipinski definition) is 2. The lowest BCUT2D eigenvalue weighted by Gasteiger charge is -2.39. The van der Waals surface area contributed by atoms with Crippen molar-refractivity contribution in [2.45, 2.75) is 52.1 Å². The van der Waals surface area contributed by atoms with Crippen LogP contribution in [0.2, 0.25) is 0 Å². The summed E-state index contributed by atoms with van der Waals surface area (Å²) in [6.07, 6.45) is 4.77. The van der Waals surface area contributed by atoms with E-state index in [1.54, 1.807) is 12.1 Å². The van der Waals surface area contributed by atoms with Gasteiger partial charge in [0.05, 0.1) is 18.7 Å². The Morgan fingerprint density at radius 3 is 2.80 bits per heavy atom. The third kappa shape index (κ3) is 5.40. The lowest BCUT2D eigenvalue weighted by atomic mass is 9.77. The van der Waals surface area contributed by atoms with E-state index in [1.807, 2.05) is 4.90 Å². The predicted octanol–water partition coefficient (Wildman–Crippen LogP) is 1.82. The number of urea groups is 1. The van der Waals surface area contributed by atoms with Crippen molar-refractivity contribution in [2.24, 2.45) is 17.8 Å². The molecular weight excluding hydrogens is 390 g/mol. The highest BCUT2D eigenvalue weighted by Gasteiger charge is 2.42. The van der Waals surface area contributed by atoms with Crippen molar-refractivity contribution in [3.05, 3.63) is 24.2 Å². The van der Waals surface area contributed by atoms with E-state index in [0.29, 0.717) is 24.1 Å². The fraction of sp³-hybridized carbons (Fsp3) is 0.619. The molecule has 1 aliphatic heterocycles. The summed E-state index contributed by atoms with van der Waals surface area (Å²) >= 11 is 0. The highest BCUT2D eigenvalue weighted by Crippen LogP contribution is 2.35. The number of rotatable bonds is 6. The van der Waals surface area contributed by atoms with Crippen LogP contribution in [0.15, 0.2) is 22.8 Å². The molecule has 2 N–H and O–H groups in total. The first-order chi connectivity index (χ1) is 14.3. The van der Waals surface area contributed by atoms with E-state index < -0.39 is 30.4 Å². The Bertz CT molecular complexity index is 778. The molecule has 3 rings (SSSR count). The summed E-state index contributed by atoms with van der Waals surface area (Å²) in [6.45, 7) is 4.24. The van der Waals surface area contributed by atoms with Crippen molar-refractivity contribution in [1.82, 2.24) is 15.5 Å². The molecule has 4 atom stereocenters. The maximum atomic E-state index is 12.5. The Morgan fingerprint density at radius 1 is 1.27 bits per heavy atom. The normalized spacial score (nSPS) is 26.3. The molecule has 0 unspecified atom stereocenters. The molecule has 164 valence electrons. The predicted molar refractivity (Wildman–Crippen MR) is 106 cm³/mol. The molecule has 2 fully saturated rings. The number of ether oxygens (including phenoxy) is 1. The van der Waals surface area contributed by atoms with Crippen molar-refractivity contribution in [3.63, 3.8) is 0 Å². The van der Waals surface area contributed by atoms with Crippen LogP contribution in [0.25, 0.3) is 0 Å². The fourth-order valence-electron chi connectivity index (χ4n) is 4.25. The summed E-state index contributed by atoms with van der Waals surface area (Å²) in [5.74, 6) is -0.467. The topological polar surface area (TPSA) is 118 Å². The summed E-state index contributed by atoms with van der Waals surface area (Å²) in [7, 11) is 0. The summed E-state index contributed by atoms with van der Waals surface area (Å²) < 4.78 is 10.1. The van der Waals surface area contributed by atoms with Crippen LogP contribution in [-0.2, 0) is 25.7 Å². The third-order valence-corrected chi connectivity index (χ3v) is 6.16. The molecule has 1 saturated carbocycles. The highest BCUT2D eigenvalue weighted by atomic mass is 16.5. The Hall–Kier alpha value is -2.84. The summed E-state index contributed by atoms with van der Waals surface area (Å²) in [6, 6.07) is 2.81. The molecule has 4 amide bonds. The Balaban J connectivity index is 1.40. The second-order valence-corrected chi connectivity index (χ2v) is 8.20.